The number of sulfonamides is 1. The van der Waals surface area contributed by atoms with Gasteiger partial charge in [-0.3, -0.25) is 4.79 Å². The zero-order chi connectivity index (χ0) is 19.2. The van der Waals surface area contributed by atoms with Gasteiger partial charge in [0.25, 0.3) is 0 Å². The fourth-order valence-electron chi connectivity index (χ4n) is 3.15. The lowest BCUT2D eigenvalue weighted by Gasteiger charge is -2.30. The van der Waals surface area contributed by atoms with E-state index in [1.165, 1.54) is 16.8 Å². The number of amides is 1. The van der Waals surface area contributed by atoms with Gasteiger partial charge < -0.3 is 11.1 Å². The summed E-state index contributed by atoms with van der Waals surface area (Å²) < 4.78 is 27.3. The molecule has 6 nitrogen and oxygen atoms in total. The van der Waals surface area contributed by atoms with Crippen LogP contribution in [0.15, 0.2) is 29.2 Å². The zero-order valence-electron chi connectivity index (χ0n) is 15.5. The molecule has 1 saturated carbocycles. The van der Waals surface area contributed by atoms with Gasteiger partial charge in [-0.05, 0) is 49.5 Å². The number of anilines is 1. The van der Waals surface area contributed by atoms with Crippen LogP contribution in [-0.4, -0.2) is 49.8 Å². The summed E-state index contributed by atoms with van der Waals surface area (Å²) in [5.74, 6) is 0.504. The van der Waals surface area contributed by atoms with Gasteiger partial charge in [-0.2, -0.15) is 16.1 Å². The minimum atomic E-state index is -3.58. The first-order valence-electron chi connectivity index (χ1n) is 8.99. The van der Waals surface area contributed by atoms with E-state index >= 15 is 0 Å². The van der Waals surface area contributed by atoms with E-state index in [1.807, 2.05) is 6.26 Å². The highest BCUT2D eigenvalue weighted by Gasteiger charge is 2.29. The summed E-state index contributed by atoms with van der Waals surface area (Å²) in [5, 5.41) is 2.73. The molecule has 1 aromatic rings. The summed E-state index contributed by atoms with van der Waals surface area (Å²) in [7, 11) is -1.94. The molecule has 1 fully saturated rings. The number of hydrogen-bond donors (Lipinski definition) is 2. The minimum absolute atomic E-state index is 0.0481. The lowest BCUT2D eigenvalue weighted by molar-refractivity contribution is -0.117. The standard InChI is InChI=1S/C18H29N3O3S2/c1-21(15-8-4-3-5-9-15)26(23,24)16-10-6-7-14(13-16)20-18(22)17(19)11-12-25-2/h6-7,10,13,15,17H,3-5,8-9,11-12,19H2,1-2H3,(H,20,22)/t17-/m0/s1. The average Bonchev–Trinajstić information content (AvgIpc) is 2.66. The van der Waals surface area contributed by atoms with Crippen molar-refractivity contribution in [3.8, 4) is 0 Å². The molecule has 0 spiro atoms. The highest BCUT2D eigenvalue weighted by atomic mass is 32.2. The van der Waals surface area contributed by atoms with Crippen molar-refractivity contribution < 1.29 is 13.2 Å². The molecular weight excluding hydrogens is 370 g/mol. The smallest absolute Gasteiger partial charge is 0.243 e. The molecule has 1 atom stereocenters. The van der Waals surface area contributed by atoms with E-state index in [0.717, 1.165) is 31.4 Å². The first-order valence-corrected chi connectivity index (χ1v) is 11.8. The molecule has 0 unspecified atom stereocenters. The molecule has 0 heterocycles. The van der Waals surface area contributed by atoms with Crippen molar-refractivity contribution in [2.75, 3.05) is 24.4 Å². The zero-order valence-corrected chi connectivity index (χ0v) is 17.1. The van der Waals surface area contributed by atoms with Gasteiger partial charge in [0.1, 0.15) is 0 Å². The van der Waals surface area contributed by atoms with Crippen molar-refractivity contribution in [3.63, 3.8) is 0 Å². The number of nitrogens with two attached hydrogens (primary N) is 1. The second-order valence-corrected chi connectivity index (χ2v) is 9.70. The molecule has 146 valence electrons. The maximum atomic E-state index is 12.9. The van der Waals surface area contributed by atoms with Gasteiger partial charge in [-0.15, -0.1) is 0 Å². The fourth-order valence-corrected chi connectivity index (χ4v) is 5.10. The second-order valence-electron chi connectivity index (χ2n) is 6.72. The lowest BCUT2D eigenvalue weighted by atomic mass is 9.96. The molecule has 2 rings (SSSR count). The quantitative estimate of drug-likeness (QED) is 0.701. The molecule has 0 radical (unpaired) electrons. The Morgan fingerprint density at radius 3 is 2.69 bits per heavy atom. The summed E-state index contributed by atoms with van der Waals surface area (Å²) in [4.78, 5) is 12.4. The van der Waals surface area contributed by atoms with Gasteiger partial charge in [0, 0.05) is 18.8 Å². The van der Waals surface area contributed by atoms with E-state index in [9.17, 15) is 13.2 Å². The predicted octanol–water partition coefficient (Wildman–Crippen LogP) is 2.66. The Morgan fingerprint density at radius 2 is 2.04 bits per heavy atom. The summed E-state index contributed by atoms with van der Waals surface area (Å²) in [6, 6.07) is 5.84. The maximum absolute atomic E-state index is 12.9. The first kappa shape index (κ1) is 21.2. The Balaban J connectivity index is 2.10. The first-order chi connectivity index (χ1) is 12.4. The van der Waals surface area contributed by atoms with Crippen LogP contribution in [0.4, 0.5) is 5.69 Å². The SMILES string of the molecule is CSCC[C@H](N)C(=O)Nc1cccc(S(=O)(=O)N(C)C2CCCCC2)c1. The monoisotopic (exact) mass is 399 g/mol. The lowest BCUT2D eigenvalue weighted by Crippen LogP contribution is -2.38. The van der Waals surface area contributed by atoms with E-state index in [2.05, 4.69) is 5.32 Å². The van der Waals surface area contributed by atoms with Crippen molar-refractivity contribution in [2.24, 2.45) is 5.73 Å². The molecule has 3 N–H and O–H groups in total. The Labute approximate surface area is 160 Å². The van der Waals surface area contributed by atoms with E-state index in [-0.39, 0.29) is 16.8 Å². The Bertz CT molecular complexity index is 703. The predicted molar refractivity (Wildman–Crippen MR) is 108 cm³/mol. The third-order valence-corrected chi connectivity index (χ3v) is 7.39. The number of benzene rings is 1. The van der Waals surface area contributed by atoms with Crippen molar-refractivity contribution in [1.82, 2.24) is 4.31 Å². The van der Waals surface area contributed by atoms with E-state index in [0.29, 0.717) is 12.1 Å². The number of carbonyl (C=O) groups excluding carboxylic acids is 1. The number of carbonyl (C=O) groups is 1. The molecule has 0 bridgehead atoms. The van der Waals surface area contributed by atoms with Crippen LogP contribution in [0.5, 0.6) is 0 Å². The van der Waals surface area contributed by atoms with Crippen molar-refractivity contribution in [3.05, 3.63) is 24.3 Å². The van der Waals surface area contributed by atoms with Crippen LogP contribution in [0.2, 0.25) is 0 Å². The van der Waals surface area contributed by atoms with E-state index in [4.69, 9.17) is 5.73 Å². The number of thioether (sulfide) groups is 1. The molecule has 1 aliphatic carbocycles. The molecule has 26 heavy (non-hydrogen) atoms. The minimum Gasteiger partial charge on any atom is -0.325 e. The van der Waals surface area contributed by atoms with E-state index in [1.54, 1.807) is 37.0 Å². The summed E-state index contributed by atoms with van der Waals surface area (Å²) in [5.41, 5.74) is 6.32. The van der Waals surface area contributed by atoms with E-state index < -0.39 is 16.1 Å². The third kappa shape index (κ3) is 5.45. The Hall–Kier alpha value is -1.09. The summed E-state index contributed by atoms with van der Waals surface area (Å²) >= 11 is 1.63. The Kier molecular flexibility index (Phi) is 7.94. The van der Waals surface area contributed by atoms with Gasteiger partial charge in [0.2, 0.25) is 15.9 Å². The molecule has 0 aromatic heterocycles. The highest BCUT2D eigenvalue weighted by molar-refractivity contribution is 7.98. The fraction of sp³-hybridized carbons (Fsp3) is 0.611. The molecule has 8 heteroatoms. The van der Waals surface area contributed by atoms with Gasteiger partial charge in [-0.1, -0.05) is 25.3 Å². The van der Waals surface area contributed by atoms with Crippen molar-refractivity contribution in [2.45, 2.75) is 55.5 Å². The summed E-state index contributed by atoms with van der Waals surface area (Å²) in [6.07, 6.45) is 7.63. The summed E-state index contributed by atoms with van der Waals surface area (Å²) in [6.45, 7) is 0. The number of hydrogen-bond acceptors (Lipinski definition) is 5. The molecular formula is C18H29N3O3S2. The molecule has 1 aliphatic rings. The van der Waals surface area contributed by atoms with Crippen LogP contribution in [0.3, 0.4) is 0 Å². The molecule has 1 amide bonds. The third-order valence-electron chi connectivity index (χ3n) is 4.84. The molecule has 1 aromatic carbocycles. The second kappa shape index (κ2) is 9.73. The van der Waals surface area contributed by atoms with Crippen LogP contribution < -0.4 is 11.1 Å². The highest BCUT2D eigenvalue weighted by Crippen LogP contribution is 2.27. The van der Waals surface area contributed by atoms with Gasteiger partial charge in [0.05, 0.1) is 10.9 Å². The van der Waals surface area contributed by atoms with Crippen LogP contribution in [0.25, 0.3) is 0 Å². The number of nitrogens with zero attached hydrogens (tertiary/aromatic N) is 1. The van der Waals surface area contributed by atoms with Gasteiger partial charge >= 0.3 is 0 Å². The van der Waals surface area contributed by atoms with Crippen LogP contribution in [0, 0.1) is 0 Å². The van der Waals surface area contributed by atoms with Crippen molar-refractivity contribution >= 4 is 33.4 Å². The normalized spacial score (nSPS) is 17.2. The van der Waals surface area contributed by atoms with Gasteiger partial charge in [0.15, 0.2) is 0 Å². The van der Waals surface area contributed by atoms with Crippen LogP contribution >= 0.6 is 11.8 Å². The largest absolute Gasteiger partial charge is 0.325 e. The van der Waals surface area contributed by atoms with Crippen LogP contribution in [0.1, 0.15) is 38.5 Å². The maximum Gasteiger partial charge on any atom is 0.243 e. The average molecular weight is 400 g/mol. The number of rotatable bonds is 8. The molecule has 0 aliphatic heterocycles. The van der Waals surface area contributed by atoms with Crippen molar-refractivity contribution in [1.29, 1.82) is 0 Å². The van der Waals surface area contributed by atoms with Crippen LogP contribution in [-0.2, 0) is 14.8 Å². The topological polar surface area (TPSA) is 92.5 Å². The number of nitrogens with one attached hydrogen (secondary N) is 1. The molecule has 0 saturated heterocycles. The Morgan fingerprint density at radius 1 is 1.35 bits per heavy atom. The van der Waals surface area contributed by atoms with Gasteiger partial charge in [-0.25, -0.2) is 8.42 Å².